The van der Waals surface area contributed by atoms with E-state index in [1.807, 2.05) is 29.2 Å². The van der Waals surface area contributed by atoms with Crippen molar-refractivity contribution in [2.24, 2.45) is 5.92 Å². The van der Waals surface area contributed by atoms with E-state index in [-0.39, 0.29) is 11.9 Å². The van der Waals surface area contributed by atoms with E-state index in [0.29, 0.717) is 29.9 Å². The van der Waals surface area contributed by atoms with Gasteiger partial charge in [0.1, 0.15) is 0 Å². The van der Waals surface area contributed by atoms with Gasteiger partial charge in [-0.3, -0.25) is 9.69 Å². The lowest BCUT2D eigenvalue weighted by Gasteiger charge is -2.35. The van der Waals surface area contributed by atoms with Crippen LogP contribution in [-0.4, -0.2) is 73.0 Å². The zero-order valence-electron chi connectivity index (χ0n) is 16.2. The lowest BCUT2D eigenvalue weighted by Crippen LogP contribution is -2.46. The molecular weight excluding hydrogens is 364 g/mol. The quantitative estimate of drug-likeness (QED) is 0.837. The Kier molecular flexibility index (Phi) is 6.60. The molecule has 3 fully saturated rings. The van der Waals surface area contributed by atoms with E-state index in [4.69, 9.17) is 11.6 Å². The zero-order chi connectivity index (χ0) is 19.4. The zero-order valence-corrected chi connectivity index (χ0v) is 16.9. The highest BCUT2D eigenvalue weighted by atomic mass is 35.5. The van der Waals surface area contributed by atoms with E-state index in [1.54, 1.807) is 19.0 Å². The number of carbonyl (C=O) groups is 2. The minimum Gasteiger partial charge on any atom is -0.352 e. The molecule has 0 spiro atoms. The van der Waals surface area contributed by atoms with Gasteiger partial charge in [0.2, 0.25) is 5.91 Å². The van der Waals surface area contributed by atoms with Gasteiger partial charge in [-0.1, -0.05) is 23.7 Å². The van der Waals surface area contributed by atoms with Crippen LogP contribution in [0.2, 0.25) is 5.02 Å². The smallest absolute Gasteiger partial charge is 0.319 e. The number of carbonyl (C=O) groups excluding carboxylic acids is 2. The van der Waals surface area contributed by atoms with Crippen molar-refractivity contribution in [2.45, 2.75) is 31.8 Å². The highest BCUT2D eigenvalue weighted by Crippen LogP contribution is 2.28. The minimum absolute atomic E-state index is 0.0614. The Morgan fingerprint density at radius 3 is 2.59 bits per heavy atom. The number of amides is 3. The second-order valence-electron chi connectivity index (χ2n) is 7.83. The number of benzene rings is 1. The highest BCUT2D eigenvalue weighted by molar-refractivity contribution is 6.30. The maximum atomic E-state index is 12.3. The topological polar surface area (TPSA) is 55.9 Å². The van der Waals surface area contributed by atoms with Gasteiger partial charge in [-0.2, -0.15) is 0 Å². The standard InChI is InChI=1S/C20H29ClN4O2/c1-23(2)20(27)25-13-16-5-8-18(14-25)24(12-16)10-9-19(26)22-11-15-3-6-17(21)7-4-15/h3-4,6-7,16,18H,5,8-14H2,1-2H3,(H,22,26)/t16-,18-/m0/s1. The van der Waals surface area contributed by atoms with E-state index in [0.717, 1.165) is 38.2 Å². The predicted octanol–water partition coefficient (Wildman–Crippen LogP) is 2.42. The van der Waals surface area contributed by atoms with Gasteiger partial charge in [0.05, 0.1) is 0 Å². The molecule has 1 N–H and O–H groups in total. The lowest BCUT2D eigenvalue weighted by molar-refractivity contribution is -0.121. The molecule has 4 rings (SSSR count). The normalized spacial score (nSPS) is 22.4. The summed E-state index contributed by atoms with van der Waals surface area (Å²) in [4.78, 5) is 30.6. The molecule has 3 aliphatic heterocycles. The Morgan fingerprint density at radius 2 is 1.89 bits per heavy atom. The largest absolute Gasteiger partial charge is 0.352 e. The Balaban J connectivity index is 1.47. The summed E-state index contributed by atoms with van der Waals surface area (Å²) < 4.78 is 0. The van der Waals surface area contributed by atoms with E-state index in [2.05, 4.69) is 10.2 Å². The van der Waals surface area contributed by atoms with Crippen LogP contribution in [0.1, 0.15) is 24.8 Å². The molecule has 3 saturated heterocycles. The van der Waals surface area contributed by atoms with Gasteiger partial charge < -0.3 is 15.1 Å². The molecule has 0 saturated carbocycles. The second kappa shape index (κ2) is 8.93. The van der Waals surface area contributed by atoms with Crippen molar-refractivity contribution >= 4 is 23.5 Å². The second-order valence-corrected chi connectivity index (χ2v) is 8.26. The fourth-order valence-electron chi connectivity index (χ4n) is 4.03. The van der Waals surface area contributed by atoms with Crippen LogP contribution in [0.25, 0.3) is 0 Å². The van der Waals surface area contributed by atoms with E-state index in [1.165, 1.54) is 6.42 Å². The van der Waals surface area contributed by atoms with Crippen LogP contribution in [0.4, 0.5) is 4.79 Å². The van der Waals surface area contributed by atoms with Crippen LogP contribution in [0.3, 0.4) is 0 Å². The average molecular weight is 393 g/mol. The molecule has 2 bridgehead atoms. The van der Waals surface area contributed by atoms with Crippen molar-refractivity contribution < 1.29 is 9.59 Å². The molecule has 3 amide bonds. The number of halogens is 1. The Morgan fingerprint density at radius 1 is 1.15 bits per heavy atom. The summed E-state index contributed by atoms with van der Waals surface area (Å²) in [6.07, 6.45) is 2.76. The van der Waals surface area contributed by atoms with E-state index >= 15 is 0 Å². The lowest BCUT2D eigenvalue weighted by atomic mass is 9.95. The monoisotopic (exact) mass is 392 g/mol. The first-order chi connectivity index (χ1) is 12.9. The minimum atomic E-state index is 0.0614. The molecule has 2 atom stereocenters. The third-order valence-electron chi connectivity index (χ3n) is 5.51. The number of nitrogens with one attached hydrogen (secondary N) is 1. The number of hydrogen-bond acceptors (Lipinski definition) is 3. The van der Waals surface area contributed by atoms with Crippen molar-refractivity contribution in [1.29, 1.82) is 0 Å². The van der Waals surface area contributed by atoms with Gasteiger partial charge in [-0.15, -0.1) is 0 Å². The van der Waals surface area contributed by atoms with Crippen LogP contribution < -0.4 is 5.32 Å². The van der Waals surface area contributed by atoms with Crippen LogP contribution in [0.15, 0.2) is 24.3 Å². The van der Waals surface area contributed by atoms with Gasteiger partial charge in [-0.25, -0.2) is 4.79 Å². The summed E-state index contributed by atoms with van der Waals surface area (Å²) in [5.74, 6) is 0.566. The van der Waals surface area contributed by atoms with Crippen LogP contribution >= 0.6 is 11.6 Å². The van der Waals surface area contributed by atoms with E-state index in [9.17, 15) is 9.59 Å². The number of piperidine rings is 1. The summed E-state index contributed by atoms with van der Waals surface area (Å²) in [7, 11) is 3.61. The fourth-order valence-corrected chi connectivity index (χ4v) is 4.15. The van der Waals surface area contributed by atoms with Crippen molar-refractivity contribution in [2.75, 3.05) is 40.3 Å². The molecule has 1 aromatic carbocycles. The molecule has 7 heteroatoms. The maximum Gasteiger partial charge on any atom is 0.319 e. The molecule has 3 heterocycles. The summed E-state index contributed by atoms with van der Waals surface area (Å²) in [6.45, 7) is 3.84. The number of nitrogens with zero attached hydrogens (tertiary/aromatic N) is 3. The number of rotatable bonds is 5. The molecule has 0 unspecified atom stereocenters. The third-order valence-corrected chi connectivity index (χ3v) is 5.76. The number of hydrogen-bond donors (Lipinski definition) is 1. The third kappa shape index (κ3) is 5.36. The van der Waals surface area contributed by atoms with Gasteiger partial charge >= 0.3 is 6.03 Å². The van der Waals surface area contributed by atoms with Gasteiger partial charge in [-0.05, 0) is 36.5 Å². The molecular formula is C20H29ClN4O2. The summed E-state index contributed by atoms with van der Waals surface area (Å²) >= 11 is 5.88. The van der Waals surface area contributed by atoms with Crippen molar-refractivity contribution in [3.63, 3.8) is 0 Å². The summed E-state index contributed by atoms with van der Waals surface area (Å²) in [6, 6.07) is 7.96. The summed E-state index contributed by atoms with van der Waals surface area (Å²) in [5, 5.41) is 3.68. The molecule has 3 aliphatic rings. The van der Waals surface area contributed by atoms with Gasteiger partial charge in [0.15, 0.2) is 0 Å². The molecule has 0 radical (unpaired) electrons. The Bertz CT molecular complexity index is 664. The molecule has 1 aromatic rings. The van der Waals surface area contributed by atoms with Crippen LogP contribution in [-0.2, 0) is 11.3 Å². The van der Waals surface area contributed by atoms with Crippen LogP contribution in [0, 0.1) is 5.92 Å². The van der Waals surface area contributed by atoms with Crippen LogP contribution in [0.5, 0.6) is 0 Å². The van der Waals surface area contributed by atoms with Gasteiger partial charge in [0.25, 0.3) is 0 Å². The predicted molar refractivity (Wildman–Crippen MR) is 107 cm³/mol. The molecule has 0 aromatic heterocycles. The average Bonchev–Trinajstić information content (AvgIpc) is 2.97. The van der Waals surface area contributed by atoms with E-state index < -0.39 is 0 Å². The van der Waals surface area contributed by atoms with Crippen molar-refractivity contribution in [3.05, 3.63) is 34.9 Å². The SMILES string of the molecule is CN(C)C(=O)N1C[C@H]2CC[C@@H](C1)N(CCC(=O)NCc1ccc(Cl)cc1)C2. The molecule has 27 heavy (non-hydrogen) atoms. The Labute approximate surface area is 166 Å². The van der Waals surface area contributed by atoms with Crippen molar-refractivity contribution in [3.8, 4) is 0 Å². The first-order valence-corrected chi connectivity index (χ1v) is 10.0. The number of fused-ring (bicyclic) bond motifs is 4. The fraction of sp³-hybridized carbons (Fsp3) is 0.600. The number of urea groups is 1. The first-order valence-electron chi connectivity index (χ1n) is 9.64. The van der Waals surface area contributed by atoms with Crippen molar-refractivity contribution in [1.82, 2.24) is 20.0 Å². The van der Waals surface area contributed by atoms with Gasteiger partial charge in [0, 0.05) is 64.3 Å². The summed E-state index contributed by atoms with van der Waals surface area (Å²) in [5.41, 5.74) is 1.04. The Hall–Kier alpha value is -1.79. The molecule has 148 valence electrons. The highest BCUT2D eigenvalue weighted by Gasteiger charge is 2.36. The first kappa shape index (κ1) is 20.0. The molecule has 6 nitrogen and oxygen atoms in total. The molecule has 0 aliphatic carbocycles. The maximum absolute atomic E-state index is 12.3.